The summed E-state index contributed by atoms with van der Waals surface area (Å²) in [4.78, 5) is 25.7. The summed E-state index contributed by atoms with van der Waals surface area (Å²) in [5.74, 6) is 0.728. The van der Waals surface area contributed by atoms with E-state index in [4.69, 9.17) is 5.73 Å². The van der Waals surface area contributed by atoms with Crippen LogP contribution in [0.15, 0.2) is 0 Å². The standard InChI is InChI=1S/C14H25N3O2/c1-3-11-14(19)16-13(18)8-17(11)12-6-9(2)4-5-10(12)7-15/h9-12H,3-8,15H2,1-2H3,(H,16,18,19). The first kappa shape index (κ1) is 14.5. The van der Waals surface area contributed by atoms with E-state index in [1.165, 1.54) is 6.42 Å². The number of carbonyl (C=O) groups is 2. The van der Waals surface area contributed by atoms with Crippen molar-refractivity contribution < 1.29 is 9.59 Å². The molecule has 5 heteroatoms. The van der Waals surface area contributed by atoms with Crippen LogP contribution in [0.3, 0.4) is 0 Å². The smallest absolute Gasteiger partial charge is 0.243 e. The lowest BCUT2D eigenvalue weighted by atomic mass is 9.77. The molecule has 3 N–H and O–H groups in total. The van der Waals surface area contributed by atoms with Crippen LogP contribution in [0.5, 0.6) is 0 Å². The molecule has 2 fully saturated rings. The third-order valence-corrected chi connectivity index (χ3v) is 4.63. The second kappa shape index (κ2) is 6.01. The Bertz CT molecular complexity index is 359. The maximum absolute atomic E-state index is 12.0. The Balaban J connectivity index is 2.19. The number of nitrogens with two attached hydrogens (primary N) is 1. The molecule has 4 unspecified atom stereocenters. The maximum Gasteiger partial charge on any atom is 0.243 e. The highest BCUT2D eigenvalue weighted by Crippen LogP contribution is 2.33. The molecule has 1 heterocycles. The van der Waals surface area contributed by atoms with Crippen molar-refractivity contribution in [1.82, 2.24) is 10.2 Å². The van der Waals surface area contributed by atoms with E-state index in [9.17, 15) is 9.59 Å². The molecule has 0 aromatic carbocycles. The fourth-order valence-electron chi connectivity index (χ4n) is 3.55. The summed E-state index contributed by atoms with van der Waals surface area (Å²) in [5.41, 5.74) is 5.89. The Morgan fingerprint density at radius 3 is 2.74 bits per heavy atom. The Kier molecular flexibility index (Phi) is 4.58. The normalized spacial score (nSPS) is 37.2. The van der Waals surface area contributed by atoms with Crippen molar-refractivity contribution in [3.8, 4) is 0 Å². The van der Waals surface area contributed by atoms with Gasteiger partial charge in [-0.15, -0.1) is 0 Å². The molecule has 0 spiro atoms. The van der Waals surface area contributed by atoms with Crippen LogP contribution < -0.4 is 11.1 Å². The zero-order valence-corrected chi connectivity index (χ0v) is 11.9. The Morgan fingerprint density at radius 1 is 1.37 bits per heavy atom. The SMILES string of the molecule is CCC1C(=O)NC(=O)CN1C1CC(C)CCC1CN. The molecule has 19 heavy (non-hydrogen) atoms. The number of imide groups is 1. The van der Waals surface area contributed by atoms with Crippen LogP contribution in [0.2, 0.25) is 0 Å². The van der Waals surface area contributed by atoms with Crippen molar-refractivity contribution in [3.05, 3.63) is 0 Å². The topological polar surface area (TPSA) is 75.4 Å². The van der Waals surface area contributed by atoms with Crippen LogP contribution in [-0.4, -0.2) is 41.9 Å². The molecule has 2 amide bonds. The van der Waals surface area contributed by atoms with Crippen molar-refractivity contribution in [2.24, 2.45) is 17.6 Å². The van der Waals surface area contributed by atoms with Gasteiger partial charge in [-0.1, -0.05) is 20.3 Å². The average Bonchev–Trinajstić information content (AvgIpc) is 2.37. The Morgan fingerprint density at radius 2 is 2.11 bits per heavy atom. The molecular weight excluding hydrogens is 242 g/mol. The molecule has 0 aromatic heterocycles. The Labute approximate surface area is 114 Å². The third-order valence-electron chi connectivity index (χ3n) is 4.63. The number of rotatable bonds is 3. The molecule has 0 bridgehead atoms. The van der Waals surface area contributed by atoms with Gasteiger partial charge in [-0.3, -0.25) is 19.8 Å². The van der Waals surface area contributed by atoms with E-state index in [0.29, 0.717) is 24.9 Å². The monoisotopic (exact) mass is 267 g/mol. The zero-order valence-electron chi connectivity index (χ0n) is 11.9. The largest absolute Gasteiger partial charge is 0.330 e. The number of hydrogen-bond acceptors (Lipinski definition) is 4. The van der Waals surface area contributed by atoms with Gasteiger partial charge in [-0.25, -0.2) is 0 Å². The van der Waals surface area contributed by atoms with Crippen LogP contribution >= 0.6 is 0 Å². The lowest BCUT2D eigenvalue weighted by molar-refractivity contribution is -0.143. The summed E-state index contributed by atoms with van der Waals surface area (Å²) in [7, 11) is 0. The first-order valence-electron chi connectivity index (χ1n) is 7.36. The van der Waals surface area contributed by atoms with Gasteiger partial charge in [0.25, 0.3) is 0 Å². The molecule has 1 saturated carbocycles. The van der Waals surface area contributed by atoms with E-state index in [-0.39, 0.29) is 23.9 Å². The molecule has 0 radical (unpaired) electrons. The number of nitrogens with one attached hydrogen (secondary N) is 1. The Hall–Kier alpha value is -0.940. The van der Waals surface area contributed by atoms with Gasteiger partial charge in [-0.2, -0.15) is 0 Å². The molecule has 1 saturated heterocycles. The molecule has 1 aliphatic heterocycles. The fraction of sp³-hybridized carbons (Fsp3) is 0.857. The average molecular weight is 267 g/mol. The molecule has 2 rings (SSSR count). The second-order valence-electron chi connectivity index (χ2n) is 5.99. The van der Waals surface area contributed by atoms with E-state index in [1.54, 1.807) is 0 Å². The second-order valence-corrected chi connectivity index (χ2v) is 5.99. The summed E-state index contributed by atoms with van der Waals surface area (Å²) in [6.07, 6.45) is 4.08. The van der Waals surface area contributed by atoms with Gasteiger partial charge >= 0.3 is 0 Å². The van der Waals surface area contributed by atoms with Gasteiger partial charge in [0.1, 0.15) is 0 Å². The lowest BCUT2D eigenvalue weighted by Gasteiger charge is -2.46. The number of piperazine rings is 1. The molecular formula is C14H25N3O2. The first-order valence-corrected chi connectivity index (χ1v) is 7.36. The summed E-state index contributed by atoms with van der Waals surface area (Å²) < 4.78 is 0. The number of hydrogen-bond donors (Lipinski definition) is 2. The minimum atomic E-state index is -0.179. The van der Waals surface area contributed by atoms with E-state index in [0.717, 1.165) is 19.3 Å². The zero-order chi connectivity index (χ0) is 14.0. The van der Waals surface area contributed by atoms with Crippen LogP contribution in [-0.2, 0) is 9.59 Å². The van der Waals surface area contributed by atoms with E-state index in [1.807, 2.05) is 6.92 Å². The minimum absolute atomic E-state index is 0.146. The van der Waals surface area contributed by atoms with Crippen LogP contribution in [0.4, 0.5) is 0 Å². The summed E-state index contributed by atoms with van der Waals surface area (Å²) >= 11 is 0. The van der Waals surface area contributed by atoms with Crippen molar-refractivity contribution >= 4 is 11.8 Å². The fourth-order valence-corrected chi connectivity index (χ4v) is 3.55. The predicted octanol–water partition coefficient (Wildman–Crippen LogP) is 0.487. The molecule has 4 atom stereocenters. The predicted molar refractivity (Wildman–Crippen MR) is 73.3 cm³/mol. The van der Waals surface area contributed by atoms with Gasteiger partial charge < -0.3 is 5.73 Å². The lowest BCUT2D eigenvalue weighted by Crippen LogP contribution is -2.63. The van der Waals surface area contributed by atoms with Crippen LogP contribution in [0.1, 0.15) is 39.5 Å². The minimum Gasteiger partial charge on any atom is -0.330 e. The molecule has 2 aliphatic rings. The highest BCUT2D eigenvalue weighted by molar-refractivity contribution is 6.01. The first-order chi connectivity index (χ1) is 9.06. The molecule has 0 aromatic rings. The van der Waals surface area contributed by atoms with Crippen molar-refractivity contribution in [2.75, 3.05) is 13.1 Å². The van der Waals surface area contributed by atoms with Crippen LogP contribution in [0, 0.1) is 11.8 Å². The number of carbonyl (C=O) groups excluding carboxylic acids is 2. The quantitative estimate of drug-likeness (QED) is 0.730. The van der Waals surface area contributed by atoms with Crippen LogP contribution in [0.25, 0.3) is 0 Å². The van der Waals surface area contributed by atoms with Gasteiger partial charge in [-0.05, 0) is 37.6 Å². The van der Waals surface area contributed by atoms with Gasteiger partial charge in [0.15, 0.2) is 0 Å². The molecule has 108 valence electrons. The molecule has 5 nitrogen and oxygen atoms in total. The summed E-state index contributed by atoms with van der Waals surface area (Å²) in [6.45, 7) is 5.21. The molecule has 1 aliphatic carbocycles. The summed E-state index contributed by atoms with van der Waals surface area (Å²) in [6, 6.07) is 0.0933. The van der Waals surface area contributed by atoms with Gasteiger partial charge in [0.05, 0.1) is 12.6 Å². The number of nitrogens with zero attached hydrogens (tertiary/aromatic N) is 1. The maximum atomic E-state index is 12.0. The van der Waals surface area contributed by atoms with E-state index < -0.39 is 0 Å². The van der Waals surface area contributed by atoms with Gasteiger partial charge in [0, 0.05) is 6.04 Å². The van der Waals surface area contributed by atoms with E-state index >= 15 is 0 Å². The van der Waals surface area contributed by atoms with Crippen molar-refractivity contribution in [3.63, 3.8) is 0 Å². The van der Waals surface area contributed by atoms with E-state index in [2.05, 4.69) is 17.1 Å². The highest BCUT2D eigenvalue weighted by atomic mass is 16.2. The number of amides is 2. The van der Waals surface area contributed by atoms with Crippen molar-refractivity contribution in [1.29, 1.82) is 0 Å². The highest BCUT2D eigenvalue weighted by Gasteiger charge is 2.41. The summed E-state index contributed by atoms with van der Waals surface area (Å²) in [5, 5.41) is 2.44. The van der Waals surface area contributed by atoms with Crippen molar-refractivity contribution in [2.45, 2.75) is 51.6 Å². The third kappa shape index (κ3) is 2.98. The van der Waals surface area contributed by atoms with Gasteiger partial charge in [0.2, 0.25) is 11.8 Å².